The van der Waals surface area contributed by atoms with E-state index >= 15 is 0 Å². The van der Waals surface area contributed by atoms with Crippen molar-refractivity contribution in [2.45, 2.75) is 19.7 Å². The van der Waals surface area contributed by atoms with Gasteiger partial charge in [0.25, 0.3) is 5.56 Å². The van der Waals surface area contributed by atoms with Crippen molar-refractivity contribution in [2.75, 3.05) is 6.61 Å². The highest BCUT2D eigenvalue weighted by Crippen LogP contribution is 2.39. The second-order valence-corrected chi connectivity index (χ2v) is 9.74. The summed E-state index contributed by atoms with van der Waals surface area (Å²) in [6.07, 6.45) is -3.53. The number of carbonyl (C=O) groups is 1. The summed E-state index contributed by atoms with van der Waals surface area (Å²) in [5.74, 6) is -1.50. The molecular weight excluding hydrogens is 609 g/mol. The van der Waals surface area contributed by atoms with E-state index in [0.717, 1.165) is 29.1 Å². The van der Waals surface area contributed by atoms with Crippen LogP contribution in [0, 0.1) is 10.1 Å². The third-order valence-electron chi connectivity index (χ3n) is 6.66. The molecule has 0 bridgehead atoms. The largest absolute Gasteiger partial charge is 0.490 e. The molecule has 0 spiro atoms. The molecule has 0 atom stereocenters. The van der Waals surface area contributed by atoms with Crippen molar-refractivity contribution >= 4 is 28.8 Å². The van der Waals surface area contributed by atoms with E-state index in [2.05, 4.69) is 10.1 Å². The maximum absolute atomic E-state index is 13.5. The molecule has 5 rings (SSSR count). The Morgan fingerprint density at radius 3 is 2.46 bits per heavy atom. The van der Waals surface area contributed by atoms with Crippen molar-refractivity contribution in [3.05, 3.63) is 128 Å². The standard InChI is InChI=1S/C32H23F3N4O7/c1-2-45-27-15-20(14-26(39(43)44)28(27)46-18-19-10-12-21(13-11-19)31(41)42)17-36-38-29(22-6-5-7-23(16-22)32(33,34)35)37-25-9-4-3-8-24(25)30(38)40/h3-17H,2,18H2,1H3,(H,41,42). The number of nitro benzene ring substituents is 1. The number of nitrogens with zero attached hydrogens (tertiary/aromatic N) is 4. The van der Waals surface area contributed by atoms with Crippen LogP contribution in [0.2, 0.25) is 0 Å². The van der Waals surface area contributed by atoms with Gasteiger partial charge in [0.05, 0.1) is 39.8 Å². The van der Waals surface area contributed by atoms with E-state index in [-0.39, 0.29) is 58.1 Å². The number of alkyl halides is 3. The number of carboxylic acids is 1. The highest BCUT2D eigenvalue weighted by molar-refractivity contribution is 5.87. The van der Waals surface area contributed by atoms with Crippen molar-refractivity contribution in [1.29, 1.82) is 0 Å². The SMILES string of the molecule is CCOc1cc(C=Nn2c(-c3cccc(C(F)(F)F)c3)nc3ccccc3c2=O)cc([N+](=O)[O-])c1OCc1ccc(C(=O)O)cc1. The van der Waals surface area contributed by atoms with Gasteiger partial charge in [-0.05, 0) is 55.0 Å². The fraction of sp³-hybridized carbons (Fsp3) is 0.125. The molecule has 0 unspecified atom stereocenters. The Kier molecular flexibility index (Phi) is 8.80. The summed E-state index contributed by atoms with van der Waals surface area (Å²) in [5, 5.41) is 25.5. The molecule has 234 valence electrons. The molecule has 0 aliphatic heterocycles. The first kappa shape index (κ1) is 31.4. The molecule has 1 N–H and O–H groups in total. The monoisotopic (exact) mass is 632 g/mol. The van der Waals surface area contributed by atoms with Gasteiger partial charge in [-0.3, -0.25) is 14.9 Å². The number of halogens is 3. The number of hydrogen-bond donors (Lipinski definition) is 1. The summed E-state index contributed by atoms with van der Waals surface area (Å²) >= 11 is 0. The van der Waals surface area contributed by atoms with Gasteiger partial charge in [-0.1, -0.05) is 36.4 Å². The number of ether oxygens (including phenoxy) is 2. The zero-order chi connectivity index (χ0) is 33.0. The van der Waals surface area contributed by atoms with Gasteiger partial charge in [0.1, 0.15) is 6.61 Å². The second kappa shape index (κ2) is 12.9. The number of carboxylic acid groups (broad SMARTS) is 1. The van der Waals surface area contributed by atoms with Gasteiger partial charge in [-0.15, -0.1) is 0 Å². The van der Waals surface area contributed by atoms with Gasteiger partial charge in [0.15, 0.2) is 11.6 Å². The Bertz CT molecular complexity index is 2040. The molecule has 4 aromatic carbocycles. The van der Waals surface area contributed by atoms with Crippen molar-refractivity contribution in [1.82, 2.24) is 9.66 Å². The van der Waals surface area contributed by atoms with E-state index in [1.807, 2.05) is 0 Å². The fourth-order valence-electron chi connectivity index (χ4n) is 4.50. The number of aromatic carboxylic acids is 1. The van der Waals surface area contributed by atoms with Crippen molar-refractivity contribution in [3.63, 3.8) is 0 Å². The molecule has 0 saturated heterocycles. The molecule has 14 heteroatoms. The van der Waals surface area contributed by atoms with Crippen LogP contribution < -0.4 is 15.0 Å². The van der Waals surface area contributed by atoms with Crippen LogP contribution in [0.25, 0.3) is 22.3 Å². The first-order valence-electron chi connectivity index (χ1n) is 13.6. The number of nitro groups is 1. The average Bonchev–Trinajstić information content (AvgIpc) is 3.03. The average molecular weight is 633 g/mol. The maximum Gasteiger partial charge on any atom is 0.416 e. The first-order valence-corrected chi connectivity index (χ1v) is 13.6. The lowest BCUT2D eigenvalue weighted by Crippen LogP contribution is -2.20. The molecule has 5 aromatic rings. The van der Waals surface area contributed by atoms with E-state index < -0.39 is 33.9 Å². The van der Waals surface area contributed by atoms with Crippen LogP contribution in [0.15, 0.2) is 94.8 Å². The van der Waals surface area contributed by atoms with Crippen LogP contribution in [-0.4, -0.2) is 38.5 Å². The van der Waals surface area contributed by atoms with E-state index in [4.69, 9.17) is 14.6 Å². The number of aromatic nitrogens is 2. The van der Waals surface area contributed by atoms with E-state index in [0.29, 0.717) is 5.56 Å². The van der Waals surface area contributed by atoms with Crippen molar-refractivity contribution in [2.24, 2.45) is 5.10 Å². The maximum atomic E-state index is 13.5. The summed E-state index contributed by atoms with van der Waals surface area (Å²) in [5.41, 5.74) is -1.20. The Labute approximate surface area is 257 Å². The molecule has 0 amide bonds. The molecule has 0 aliphatic carbocycles. The number of hydrogen-bond acceptors (Lipinski definition) is 8. The molecular formula is C32H23F3N4O7. The van der Waals surface area contributed by atoms with Crippen molar-refractivity contribution in [3.8, 4) is 22.9 Å². The Balaban J connectivity index is 1.58. The Morgan fingerprint density at radius 2 is 1.78 bits per heavy atom. The second-order valence-electron chi connectivity index (χ2n) is 9.74. The normalized spacial score (nSPS) is 11.6. The van der Waals surface area contributed by atoms with Crippen LogP contribution in [0.1, 0.15) is 34.0 Å². The Morgan fingerprint density at radius 1 is 1.04 bits per heavy atom. The highest BCUT2D eigenvalue weighted by atomic mass is 19.4. The van der Waals surface area contributed by atoms with Crippen LogP contribution >= 0.6 is 0 Å². The molecule has 11 nitrogen and oxygen atoms in total. The highest BCUT2D eigenvalue weighted by Gasteiger charge is 2.31. The van der Waals surface area contributed by atoms with E-state index in [9.17, 15) is 32.9 Å². The lowest BCUT2D eigenvalue weighted by molar-refractivity contribution is -0.386. The Hall–Kier alpha value is -6.05. The number of fused-ring (bicyclic) bond motifs is 1. The zero-order valence-electron chi connectivity index (χ0n) is 23.9. The molecule has 0 saturated carbocycles. The minimum Gasteiger partial charge on any atom is -0.490 e. The molecule has 0 fully saturated rings. The summed E-state index contributed by atoms with van der Waals surface area (Å²) in [6, 6.07) is 18.8. The third kappa shape index (κ3) is 6.70. The minimum atomic E-state index is -4.65. The van der Waals surface area contributed by atoms with Crippen LogP contribution in [0.5, 0.6) is 11.5 Å². The smallest absolute Gasteiger partial charge is 0.416 e. The molecule has 1 heterocycles. The van der Waals surface area contributed by atoms with Gasteiger partial charge in [-0.2, -0.15) is 22.9 Å². The van der Waals surface area contributed by atoms with Gasteiger partial charge >= 0.3 is 17.8 Å². The molecule has 1 aromatic heterocycles. The summed E-state index contributed by atoms with van der Waals surface area (Å²) < 4.78 is 52.7. The zero-order valence-corrected chi connectivity index (χ0v) is 23.9. The van der Waals surface area contributed by atoms with Gasteiger partial charge < -0.3 is 14.6 Å². The van der Waals surface area contributed by atoms with Crippen LogP contribution in [-0.2, 0) is 12.8 Å². The molecule has 0 aliphatic rings. The number of rotatable bonds is 10. The third-order valence-corrected chi connectivity index (χ3v) is 6.66. The predicted molar refractivity (Wildman–Crippen MR) is 161 cm³/mol. The quantitative estimate of drug-likeness (QED) is 0.104. The lowest BCUT2D eigenvalue weighted by Gasteiger charge is -2.14. The van der Waals surface area contributed by atoms with Crippen LogP contribution in [0.3, 0.4) is 0 Å². The van der Waals surface area contributed by atoms with Crippen LogP contribution in [0.4, 0.5) is 18.9 Å². The van der Waals surface area contributed by atoms with Gasteiger partial charge in [0.2, 0.25) is 5.75 Å². The van der Waals surface area contributed by atoms with Gasteiger partial charge in [0, 0.05) is 17.2 Å². The topological polar surface area (TPSA) is 146 Å². The van der Waals surface area contributed by atoms with E-state index in [1.165, 1.54) is 48.5 Å². The fourth-order valence-corrected chi connectivity index (χ4v) is 4.50. The number of benzene rings is 4. The van der Waals surface area contributed by atoms with Gasteiger partial charge in [-0.25, -0.2) is 9.78 Å². The lowest BCUT2D eigenvalue weighted by atomic mass is 10.1. The molecule has 0 radical (unpaired) electrons. The molecule has 46 heavy (non-hydrogen) atoms. The first-order chi connectivity index (χ1) is 22.0. The predicted octanol–water partition coefficient (Wildman–Crippen LogP) is 6.55. The number of para-hydroxylation sites is 1. The van der Waals surface area contributed by atoms with Crippen molar-refractivity contribution < 1.29 is 37.5 Å². The van der Waals surface area contributed by atoms with E-state index in [1.54, 1.807) is 25.1 Å². The summed E-state index contributed by atoms with van der Waals surface area (Å²) in [4.78, 5) is 40.4. The summed E-state index contributed by atoms with van der Waals surface area (Å²) in [6.45, 7) is 1.62. The summed E-state index contributed by atoms with van der Waals surface area (Å²) in [7, 11) is 0. The minimum absolute atomic E-state index is 0.0117.